The third-order valence-electron chi connectivity index (χ3n) is 4.37. The van der Waals surface area contributed by atoms with E-state index < -0.39 is 0 Å². The van der Waals surface area contributed by atoms with Crippen LogP contribution in [0.3, 0.4) is 0 Å². The third kappa shape index (κ3) is 4.10. The van der Waals surface area contributed by atoms with Crippen LogP contribution in [-0.2, 0) is 0 Å². The van der Waals surface area contributed by atoms with Crippen LogP contribution in [0.4, 0.5) is 5.69 Å². The van der Waals surface area contributed by atoms with Crippen LogP contribution in [0, 0.1) is 5.92 Å². The zero-order chi connectivity index (χ0) is 16.9. The van der Waals surface area contributed by atoms with Gasteiger partial charge in [0.2, 0.25) is 0 Å². The van der Waals surface area contributed by atoms with Crippen LogP contribution in [0.2, 0.25) is 10.0 Å². The zero-order valence-electron chi connectivity index (χ0n) is 13.3. The van der Waals surface area contributed by atoms with Gasteiger partial charge in [-0.3, -0.25) is 4.79 Å². The van der Waals surface area contributed by atoms with Gasteiger partial charge in [0.05, 0.1) is 10.6 Å². The first-order chi connectivity index (χ1) is 11.6. The Morgan fingerprint density at radius 1 is 1.08 bits per heavy atom. The molecule has 24 heavy (non-hydrogen) atoms. The van der Waals surface area contributed by atoms with Crippen molar-refractivity contribution < 1.29 is 4.79 Å². The number of benzene rings is 2. The van der Waals surface area contributed by atoms with Crippen molar-refractivity contribution in [2.45, 2.75) is 12.8 Å². The summed E-state index contributed by atoms with van der Waals surface area (Å²) >= 11 is 12.2. The molecule has 1 amide bonds. The predicted octanol–water partition coefficient (Wildman–Crippen LogP) is 4.64. The molecule has 1 aliphatic rings. The molecule has 2 aromatic carbocycles. The third-order valence-corrected chi connectivity index (χ3v) is 4.92. The summed E-state index contributed by atoms with van der Waals surface area (Å²) in [5.74, 6) is 0.405. The maximum atomic E-state index is 13.1. The van der Waals surface area contributed by atoms with E-state index in [-0.39, 0.29) is 5.91 Å². The van der Waals surface area contributed by atoms with Crippen molar-refractivity contribution in [3.63, 3.8) is 0 Å². The smallest absolute Gasteiger partial charge is 0.259 e. The van der Waals surface area contributed by atoms with Crippen LogP contribution in [0.15, 0.2) is 48.5 Å². The monoisotopic (exact) mass is 362 g/mol. The number of para-hydroxylation sites is 1. The van der Waals surface area contributed by atoms with E-state index in [0.717, 1.165) is 31.6 Å². The highest BCUT2D eigenvalue weighted by Gasteiger charge is 2.24. The molecule has 0 spiro atoms. The molecule has 0 saturated carbocycles. The highest BCUT2D eigenvalue weighted by Crippen LogP contribution is 2.26. The van der Waals surface area contributed by atoms with Crippen molar-refractivity contribution in [3.05, 3.63) is 64.1 Å². The van der Waals surface area contributed by atoms with Gasteiger partial charge < -0.3 is 10.2 Å². The highest BCUT2D eigenvalue weighted by atomic mass is 35.5. The van der Waals surface area contributed by atoms with E-state index in [4.69, 9.17) is 23.2 Å². The summed E-state index contributed by atoms with van der Waals surface area (Å²) in [6, 6.07) is 14.8. The molecule has 1 aliphatic heterocycles. The maximum absolute atomic E-state index is 13.1. The summed E-state index contributed by atoms with van der Waals surface area (Å²) in [7, 11) is 0. The minimum Gasteiger partial charge on any atom is -0.317 e. The number of rotatable bonds is 4. The standard InChI is InChI=1S/C19H20Cl2N2O/c20-15-6-7-17(18(21)12-15)19(24)23(16-4-2-1-3-5-16)13-14-8-10-22-11-9-14/h1-7,12,14,22H,8-11,13H2. The summed E-state index contributed by atoms with van der Waals surface area (Å²) in [6.45, 7) is 2.70. The lowest BCUT2D eigenvalue weighted by Crippen LogP contribution is -2.39. The second kappa shape index (κ2) is 8.02. The number of amides is 1. The molecule has 0 bridgehead atoms. The van der Waals surface area contributed by atoms with Crippen molar-refractivity contribution in [3.8, 4) is 0 Å². The van der Waals surface area contributed by atoms with Gasteiger partial charge in [-0.05, 0) is 62.2 Å². The van der Waals surface area contributed by atoms with Gasteiger partial charge in [0.1, 0.15) is 0 Å². The van der Waals surface area contributed by atoms with Gasteiger partial charge in [-0.25, -0.2) is 0 Å². The largest absolute Gasteiger partial charge is 0.317 e. The average molecular weight is 363 g/mol. The van der Waals surface area contributed by atoms with Gasteiger partial charge in [-0.1, -0.05) is 41.4 Å². The fourth-order valence-corrected chi connectivity index (χ4v) is 3.53. The minimum absolute atomic E-state index is 0.0820. The van der Waals surface area contributed by atoms with Crippen LogP contribution in [0.25, 0.3) is 0 Å². The summed E-state index contributed by atoms with van der Waals surface area (Å²) in [4.78, 5) is 15.0. The molecule has 1 fully saturated rings. The Kier molecular flexibility index (Phi) is 5.77. The highest BCUT2D eigenvalue weighted by molar-refractivity contribution is 6.37. The van der Waals surface area contributed by atoms with Gasteiger partial charge in [0, 0.05) is 17.3 Å². The first kappa shape index (κ1) is 17.3. The van der Waals surface area contributed by atoms with E-state index >= 15 is 0 Å². The molecule has 0 radical (unpaired) electrons. The van der Waals surface area contributed by atoms with Crippen LogP contribution < -0.4 is 10.2 Å². The maximum Gasteiger partial charge on any atom is 0.259 e. The molecular formula is C19H20Cl2N2O. The number of hydrogen-bond donors (Lipinski definition) is 1. The van der Waals surface area contributed by atoms with Crippen LogP contribution in [0.5, 0.6) is 0 Å². The molecule has 3 nitrogen and oxygen atoms in total. The number of piperidine rings is 1. The Morgan fingerprint density at radius 3 is 2.46 bits per heavy atom. The Labute approximate surface area is 152 Å². The molecule has 5 heteroatoms. The number of nitrogens with zero attached hydrogens (tertiary/aromatic N) is 1. The number of carbonyl (C=O) groups excluding carboxylic acids is 1. The van der Waals surface area contributed by atoms with E-state index in [1.165, 1.54) is 0 Å². The van der Waals surface area contributed by atoms with Crippen LogP contribution in [0.1, 0.15) is 23.2 Å². The summed E-state index contributed by atoms with van der Waals surface area (Å²) < 4.78 is 0. The fraction of sp³-hybridized carbons (Fsp3) is 0.316. The second-order valence-electron chi connectivity index (χ2n) is 6.07. The first-order valence-corrected chi connectivity index (χ1v) is 8.93. The molecular weight excluding hydrogens is 343 g/mol. The molecule has 0 aliphatic carbocycles. The van der Waals surface area contributed by atoms with Crippen LogP contribution >= 0.6 is 23.2 Å². The van der Waals surface area contributed by atoms with Gasteiger partial charge in [-0.15, -0.1) is 0 Å². The number of anilines is 1. The van der Waals surface area contributed by atoms with Gasteiger partial charge in [0.25, 0.3) is 5.91 Å². The molecule has 3 rings (SSSR count). The van der Waals surface area contributed by atoms with E-state index in [9.17, 15) is 4.79 Å². The molecule has 126 valence electrons. The van der Waals surface area contributed by atoms with E-state index in [1.54, 1.807) is 18.2 Å². The molecule has 1 heterocycles. The van der Waals surface area contributed by atoms with E-state index in [2.05, 4.69) is 5.32 Å². The molecule has 0 atom stereocenters. The lowest BCUT2D eigenvalue weighted by atomic mass is 9.97. The van der Waals surface area contributed by atoms with Crippen molar-refractivity contribution in [1.29, 1.82) is 0 Å². The quantitative estimate of drug-likeness (QED) is 0.858. The van der Waals surface area contributed by atoms with Gasteiger partial charge >= 0.3 is 0 Å². The minimum atomic E-state index is -0.0820. The van der Waals surface area contributed by atoms with E-state index in [0.29, 0.717) is 28.1 Å². The summed E-state index contributed by atoms with van der Waals surface area (Å²) in [5, 5.41) is 4.28. The molecule has 1 saturated heterocycles. The van der Waals surface area contributed by atoms with Crippen molar-refractivity contribution in [2.24, 2.45) is 5.92 Å². The number of carbonyl (C=O) groups is 1. The fourth-order valence-electron chi connectivity index (χ4n) is 3.04. The topological polar surface area (TPSA) is 32.3 Å². The number of nitrogens with one attached hydrogen (secondary N) is 1. The predicted molar refractivity (Wildman–Crippen MR) is 100 cm³/mol. The molecule has 0 unspecified atom stereocenters. The zero-order valence-corrected chi connectivity index (χ0v) is 14.9. The molecule has 1 N–H and O–H groups in total. The van der Waals surface area contributed by atoms with Crippen molar-refractivity contribution >= 4 is 34.8 Å². The molecule has 2 aromatic rings. The van der Waals surface area contributed by atoms with Crippen LogP contribution in [-0.4, -0.2) is 25.5 Å². The van der Waals surface area contributed by atoms with Gasteiger partial charge in [-0.2, -0.15) is 0 Å². The second-order valence-corrected chi connectivity index (χ2v) is 6.91. The molecule has 0 aromatic heterocycles. The Hall–Kier alpha value is -1.55. The van der Waals surface area contributed by atoms with Crippen molar-refractivity contribution in [2.75, 3.05) is 24.5 Å². The Balaban J connectivity index is 1.89. The SMILES string of the molecule is O=C(c1ccc(Cl)cc1Cl)N(CC1CCNCC1)c1ccccc1. The van der Waals surface area contributed by atoms with Crippen molar-refractivity contribution in [1.82, 2.24) is 5.32 Å². The lowest BCUT2D eigenvalue weighted by molar-refractivity contribution is 0.0981. The number of halogens is 2. The van der Waals surface area contributed by atoms with Gasteiger partial charge in [0.15, 0.2) is 0 Å². The average Bonchev–Trinajstić information content (AvgIpc) is 2.61. The normalized spacial score (nSPS) is 15.2. The summed E-state index contributed by atoms with van der Waals surface area (Å²) in [5.41, 5.74) is 1.38. The lowest BCUT2D eigenvalue weighted by Gasteiger charge is -2.30. The first-order valence-electron chi connectivity index (χ1n) is 8.18. The van der Waals surface area contributed by atoms with E-state index in [1.807, 2.05) is 35.2 Å². The number of hydrogen-bond acceptors (Lipinski definition) is 2. The Morgan fingerprint density at radius 2 is 1.79 bits per heavy atom. The Bertz CT molecular complexity index is 700. The summed E-state index contributed by atoms with van der Waals surface area (Å²) in [6.07, 6.45) is 2.15.